The first-order valence-corrected chi connectivity index (χ1v) is 18.0. The maximum atomic E-state index is 14.6. The lowest BCUT2D eigenvalue weighted by Crippen LogP contribution is -2.54. The number of sulfonamides is 1. The summed E-state index contributed by atoms with van der Waals surface area (Å²) >= 11 is 19.2. The number of hydrogen-bond acceptors (Lipinski definition) is 4. The minimum atomic E-state index is -4.30. The second-order valence-electron chi connectivity index (χ2n) is 11.8. The Morgan fingerprint density at radius 1 is 0.851 bits per heavy atom. The van der Waals surface area contributed by atoms with E-state index in [0.717, 1.165) is 41.1 Å². The fraction of sp³-hybridized carbons (Fsp3) is 0.278. The van der Waals surface area contributed by atoms with Crippen LogP contribution < -0.4 is 9.62 Å². The van der Waals surface area contributed by atoms with Gasteiger partial charge in [-0.2, -0.15) is 0 Å². The molecule has 0 radical (unpaired) electrons. The highest BCUT2D eigenvalue weighted by molar-refractivity contribution is 7.92. The molecule has 0 saturated heterocycles. The number of amides is 2. The molecule has 7 nitrogen and oxygen atoms in total. The molecule has 0 spiro atoms. The van der Waals surface area contributed by atoms with Crippen LogP contribution in [-0.2, 0) is 32.6 Å². The standard InChI is InChI=1S/C36H36Cl3N3O4S/c1-25-15-17-32(18-16-25)47(45,46)42(31-21-28(37)20-29(38)22-31)24-35(43)41(23-27-11-5-8-14-33(27)39)34(19-26-9-3-2-4-10-26)36(44)40-30-12-6-7-13-30/h2-5,8-11,14-18,20-22,30,34H,6-7,12-13,19,23-24H2,1H3,(H,40,44)/t34-/m1/s1. The molecule has 0 bridgehead atoms. The summed E-state index contributed by atoms with van der Waals surface area (Å²) < 4.78 is 29.5. The number of rotatable bonds is 12. The first kappa shape index (κ1) is 34.8. The summed E-state index contributed by atoms with van der Waals surface area (Å²) in [7, 11) is -4.30. The number of nitrogens with zero attached hydrogens (tertiary/aromatic N) is 2. The van der Waals surface area contributed by atoms with Gasteiger partial charge in [-0.15, -0.1) is 0 Å². The van der Waals surface area contributed by atoms with E-state index in [-0.39, 0.29) is 45.5 Å². The number of benzene rings is 4. The molecule has 0 unspecified atom stereocenters. The lowest BCUT2D eigenvalue weighted by molar-refractivity contribution is -0.140. The third-order valence-electron chi connectivity index (χ3n) is 8.29. The number of hydrogen-bond donors (Lipinski definition) is 1. The van der Waals surface area contributed by atoms with E-state index in [4.69, 9.17) is 34.8 Å². The molecular formula is C36H36Cl3N3O4S. The van der Waals surface area contributed by atoms with Crippen LogP contribution >= 0.6 is 34.8 Å². The summed E-state index contributed by atoms with van der Waals surface area (Å²) in [6.45, 7) is 1.20. The molecule has 47 heavy (non-hydrogen) atoms. The van der Waals surface area contributed by atoms with Crippen molar-refractivity contribution in [1.82, 2.24) is 10.2 Å². The Bertz CT molecular complexity index is 1790. The Hall–Kier alpha value is -3.56. The molecule has 0 heterocycles. The molecule has 0 aromatic heterocycles. The summed E-state index contributed by atoms with van der Waals surface area (Å²) in [6.07, 6.45) is 3.97. The highest BCUT2D eigenvalue weighted by Gasteiger charge is 2.36. The van der Waals surface area contributed by atoms with Gasteiger partial charge in [-0.3, -0.25) is 13.9 Å². The van der Waals surface area contributed by atoms with Crippen LogP contribution in [0.15, 0.2) is 102 Å². The van der Waals surface area contributed by atoms with E-state index in [2.05, 4.69) is 5.32 Å². The van der Waals surface area contributed by atoms with Gasteiger partial charge in [0, 0.05) is 34.1 Å². The second-order valence-corrected chi connectivity index (χ2v) is 14.9. The van der Waals surface area contributed by atoms with Crippen molar-refractivity contribution in [1.29, 1.82) is 0 Å². The van der Waals surface area contributed by atoms with Crippen LogP contribution in [0.4, 0.5) is 5.69 Å². The van der Waals surface area contributed by atoms with Crippen molar-refractivity contribution in [2.75, 3.05) is 10.8 Å². The second kappa shape index (κ2) is 15.6. The Morgan fingerprint density at radius 2 is 1.47 bits per heavy atom. The largest absolute Gasteiger partial charge is 0.352 e. The van der Waals surface area contributed by atoms with Crippen LogP contribution in [0.3, 0.4) is 0 Å². The van der Waals surface area contributed by atoms with E-state index in [1.807, 2.05) is 37.3 Å². The number of nitrogens with one attached hydrogen (secondary N) is 1. The molecule has 1 saturated carbocycles. The van der Waals surface area contributed by atoms with Crippen molar-refractivity contribution in [3.05, 3.63) is 129 Å². The molecule has 4 aromatic rings. The SMILES string of the molecule is Cc1ccc(S(=O)(=O)N(CC(=O)N(Cc2ccccc2Cl)[C@H](Cc2ccccc2)C(=O)NC2CCCC2)c2cc(Cl)cc(Cl)c2)cc1. The van der Waals surface area contributed by atoms with Gasteiger partial charge < -0.3 is 10.2 Å². The summed E-state index contributed by atoms with van der Waals surface area (Å²) in [5.41, 5.74) is 2.46. The first-order valence-electron chi connectivity index (χ1n) is 15.4. The smallest absolute Gasteiger partial charge is 0.264 e. The van der Waals surface area contributed by atoms with Crippen molar-refractivity contribution < 1.29 is 18.0 Å². The fourth-order valence-electron chi connectivity index (χ4n) is 5.78. The summed E-state index contributed by atoms with van der Waals surface area (Å²) in [5, 5.41) is 3.99. The Balaban J connectivity index is 1.59. The molecule has 1 atom stereocenters. The Labute approximate surface area is 291 Å². The van der Waals surface area contributed by atoms with E-state index < -0.39 is 28.5 Å². The lowest BCUT2D eigenvalue weighted by Gasteiger charge is -2.34. The quantitative estimate of drug-likeness (QED) is 0.162. The Kier molecular flexibility index (Phi) is 11.5. The van der Waals surface area contributed by atoms with Crippen LogP contribution in [0.25, 0.3) is 0 Å². The monoisotopic (exact) mass is 711 g/mol. The van der Waals surface area contributed by atoms with Crippen molar-refractivity contribution >= 4 is 62.3 Å². The van der Waals surface area contributed by atoms with Gasteiger partial charge in [0.15, 0.2) is 0 Å². The molecule has 2 amide bonds. The van der Waals surface area contributed by atoms with E-state index in [1.54, 1.807) is 36.4 Å². The van der Waals surface area contributed by atoms with E-state index in [1.165, 1.54) is 35.2 Å². The van der Waals surface area contributed by atoms with Crippen LogP contribution in [0.2, 0.25) is 15.1 Å². The number of carbonyl (C=O) groups is 2. The summed E-state index contributed by atoms with van der Waals surface area (Å²) in [6, 6.07) is 26.3. The number of carbonyl (C=O) groups excluding carboxylic acids is 2. The summed E-state index contributed by atoms with van der Waals surface area (Å²) in [5.74, 6) is -0.904. The zero-order valence-corrected chi connectivity index (χ0v) is 29.0. The lowest BCUT2D eigenvalue weighted by atomic mass is 10.0. The van der Waals surface area contributed by atoms with Gasteiger partial charge in [0.25, 0.3) is 10.0 Å². The number of anilines is 1. The molecule has 4 aromatic carbocycles. The zero-order valence-electron chi connectivity index (χ0n) is 25.9. The molecule has 1 aliphatic carbocycles. The molecule has 11 heteroatoms. The highest BCUT2D eigenvalue weighted by atomic mass is 35.5. The highest BCUT2D eigenvalue weighted by Crippen LogP contribution is 2.31. The van der Waals surface area contributed by atoms with Gasteiger partial charge in [-0.1, -0.05) is 114 Å². The molecule has 1 fully saturated rings. The normalized spacial score (nSPS) is 14.0. The number of halogens is 3. The molecule has 1 N–H and O–H groups in total. The zero-order chi connectivity index (χ0) is 33.6. The molecule has 1 aliphatic rings. The van der Waals surface area contributed by atoms with Crippen molar-refractivity contribution in [3.8, 4) is 0 Å². The fourth-order valence-corrected chi connectivity index (χ4v) is 7.89. The average Bonchev–Trinajstić information content (AvgIpc) is 3.55. The van der Waals surface area contributed by atoms with Crippen LogP contribution in [0.1, 0.15) is 42.4 Å². The third-order valence-corrected chi connectivity index (χ3v) is 10.9. The maximum Gasteiger partial charge on any atom is 0.264 e. The molecule has 0 aliphatic heterocycles. The van der Waals surface area contributed by atoms with Gasteiger partial charge in [0.2, 0.25) is 11.8 Å². The van der Waals surface area contributed by atoms with Gasteiger partial charge in [0.1, 0.15) is 12.6 Å². The van der Waals surface area contributed by atoms with Gasteiger partial charge in [-0.05, 0) is 67.3 Å². The van der Waals surface area contributed by atoms with Gasteiger partial charge in [-0.25, -0.2) is 8.42 Å². The Morgan fingerprint density at radius 3 is 2.11 bits per heavy atom. The molecule has 5 rings (SSSR count). The van der Waals surface area contributed by atoms with Gasteiger partial charge >= 0.3 is 0 Å². The van der Waals surface area contributed by atoms with Crippen molar-refractivity contribution in [2.24, 2.45) is 0 Å². The van der Waals surface area contributed by atoms with Crippen LogP contribution in [-0.4, -0.2) is 43.8 Å². The van der Waals surface area contributed by atoms with E-state index in [9.17, 15) is 18.0 Å². The van der Waals surface area contributed by atoms with Crippen LogP contribution in [0.5, 0.6) is 0 Å². The predicted molar refractivity (Wildman–Crippen MR) is 189 cm³/mol. The average molecular weight is 713 g/mol. The van der Waals surface area contributed by atoms with E-state index >= 15 is 0 Å². The van der Waals surface area contributed by atoms with Gasteiger partial charge in [0.05, 0.1) is 10.6 Å². The first-order chi connectivity index (χ1) is 22.5. The van der Waals surface area contributed by atoms with Crippen molar-refractivity contribution in [3.63, 3.8) is 0 Å². The maximum absolute atomic E-state index is 14.6. The topological polar surface area (TPSA) is 86.8 Å². The summed E-state index contributed by atoms with van der Waals surface area (Å²) in [4.78, 5) is 30.2. The predicted octanol–water partition coefficient (Wildman–Crippen LogP) is 7.85. The molecule has 246 valence electrons. The minimum absolute atomic E-state index is 0.00468. The minimum Gasteiger partial charge on any atom is -0.352 e. The van der Waals surface area contributed by atoms with E-state index in [0.29, 0.717) is 10.6 Å². The number of aryl methyl sites for hydroxylation is 1. The van der Waals surface area contributed by atoms with Crippen LogP contribution in [0, 0.1) is 6.92 Å². The third kappa shape index (κ3) is 8.87. The molecular weight excluding hydrogens is 677 g/mol. The van der Waals surface area contributed by atoms with Crippen molar-refractivity contribution in [2.45, 2.75) is 62.6 Å².